The zero-order valence-electron chi connectivity index (χ0n) is 9.31. The number of anilines is 1. The molecule has 0 aliphatic carbocycles. The highest BCUT2D eigenvalue weighted by Crippen LogP contribution is 2.29. The minimum atomic E-state index is 0.0435. The summed E-state index contributed by atoms with van der Waals surface area (Å²) in [5.74, 6) is 0. The highest BCUT2D eigenvalue weighted by molar-refractivity contribution is 9.10. The predicted octanol–water partition coefficient (Wildman–Crippen LogP) is 3.95. The Kier molecular flexibility index (Phi) is 3.62. The van der Waals surface area contributed by atoms with Gasteiger partial charge >= 0.3 is 0 Å². The zero-order valence-corrected chi connectivity index (χ0v) is 10.9. The van der Waals surface area contributed by atoms with Crippen molar-refractivity contribution in [3.63, 3.8) is 0 Å². The lowest BCUT2D eigenvalue weighted by molar-refractivity contribution is 1.45. The monoisotopic (exact) mass is 297 g/mol. The fraction of sp³-hybridized carbons (Fsp3) is 0. The van der Waals surface area contributed by atoms with Gasteiger partial charge in [-0.25, -0.2) is 0 Å². The van der Waals surface area contributed by atoms with Crippen molar-refractivity contribution in [1.29, 1.82) is 10.5 Å². The minimum Gasteiger partial charge on any atom is -0.359 e. The lowest BCUT2D eigenvalue weighted by Crippen LogP contribution is -1.91. The first-order valence-electron chi connectivity index (χ1n) is 5.20. The van der Waals surface area contributed by atoms with E-state index in [0.717, 1.165) is 20.9 Å². The summed E-state index contributed by atoms with van der Waals surface area (Å²) < 4.78 is 1.01. The van der Waals surface area contributed by atoms with Crippen LogP contribution in [0, 0.1) is 22.7 Å². The summed E-state index contributed by atoms with van der Waals surface area (Å²) in [5, 5.41) is 22.4. The van der Waals surface area contributed by atoms with E-state index in [1.165, 1.54) is 6.20 Å². The van der Waals surface area contributed by atoms with E-state index < -0.39 is 0 Å². The van der Waals surface area contributed by atoms with Crippen LogP contribution in [0.5, 0.6) is 0 Å². The van der Waals surface area contributed by atoms with Gasteiger partial charge in [0.1, 0.15) is 17.7 Å². The van der Waals surface area contributed by atoms with Crippen LogP contribution in [0.15, 0.2) is 52.6 Å². The fourth-order valence-corrected chi connectivity index (χ4v) is 2.14. The number of hydrogen-bond acceptors (Lipinski definition) is 3. The van der Waals surface area contributed by atoms with Gasteiger partial charge < -0.3 is 5.32 Å². The predicted molar refractivity (Wildman–Crippen MR) is 74.6 cm³/mol. The van der Waals surface area contributed by atoms with Crippen LogP contribution >= 0.6 is 15.9 Å². The molecule has 1 N–H and O–H groups in total. The SMILES string of the molecule is N#CC(C#N)=CNc1cccc2c(Br)cccc12. The second kappa shape index (κ2) is 5.35. The van der Waals surface area contributed by atoms with E-state index >= 15 is 0 Å². The van der Waals surface area contributed by atoms with Gasteiger partial charge in [-0.05, 0) is 17.5 Å². The van der Waals surface area contributed by atoms with Crippen LogP contribution < -0.4 is 5.32 Å². The van der Waals surface area contributed by atoms with E-state index in [2.05, 4.69) is 21.2 Å². The normalized spacial score (nSPS) is 9.28. The molecule has 2 aromatic carbocycles. The molecule has 3 nitrogen and oxygen atoms in total. The topological polar surface area (TPSA) is 59.6 Å². The van der Waals surface area contributed by atoms with E-state index in [-0.39, 0.29) is 5.57 Å². The number of hydrogen-bond donors (Lipinski definition) is 1. The summed E-state index contributed by atoms with van der Waals surface area (Å²) in [6.45, 7) is 0. The maximum atomic E-state index is 8.67. The molecule has 0 radical (unpaired) electrons. The van der Waals surface area contributed by atoms with Crippen molar-refractivity contribution in [2.45, 2.75) is 0 Å². The van der Waals surface area contributed by atoms with Crippen LogP contribution in [0.25, 0.3) is 10.8 Å². The van der Waals surface area contributed by atoms with Gasteiger partial charge in [0.05, 0.1) is 0 Å². The number of benzene rings is 2. The van der Waals surface area contributed by atoms with Crippen molar-refractivity contribution >= 4 is 32.4 Å². The highest BCUT2D eigenvalue weighted by Gasteiger charge is 2.02. The van der Waals surface area contributed by atoms with Gasteiger partial charge in [0, 0.05) is 21.7 Å². The molecular weight excluding hydrogens is 290 g/mol. The summed E-state index contributed by atoms with van der Waals surface area (Å²) >= 11 is 3.49. The van der Waals surface area contributed by atoms with Gasteiger partial charge in [-0.3, -0.25) is 0 Å². The summed E-state index contributed by atoms with van der Waals surface area (Å²) in [5.41, 5.74) is 0.902. The van der Waals surface area contributed by atoms with E-state index in [1.54, 1.807) is 0 Å². The smallest absolute Gasteiger partial charge is 0.145 e. The molecule has 0 aliphatic heterocycles. The van der Waals surface area contributed by atoms with Gasteiger partial charge in [-0.1, -0.05) is 40.2 Å². The largest absolute Gasteiger partial charge is 0.359 e. The molecule has 0 aromatic heterocycles. The number of nitrogens with one attached hydrogen (secondary N) is 1. The Labute approximate surface area is 113 Å². The van der Waals surface area contributed by atoms with Crippen LogP contribution in [0.2, 0.25) is 0 Å². The van der Waals surface area contributed by atoms with Crippen molar-refractivity contribution in [2.75, 3.05) is 5.32 Å². The number of nitrogens with zero attached hydrogens (tertiary/aromatic N) is 2. The molecule has 0 aliphatic rings. The molecule has 0 saturated heterocycles. The van der Waals surface area contributed by atoms with Gasteiger partial charge in [0.15, 0.2) is 0 Å². The van der Waals surface area contributed by atoms with Crippen LogP contribution in [-0.2, 0) is 0 Å². The maximum Gasteiger partial charge on any atom is 0.145 e. The molecule has 0 spiro atoms. The summed E-state index contributed by atoms with van der Waals surface area (Å²) in [6, 6.07) is 15.3. The first-order valence-corrected chi connectivity index (χ1v) is 5.99. The van der Waals surface area contributed by atoms with Crippen molar-refractivity contribution in [3.05, 3.63) is 52.6 Å². The Morgan fingerprint density at radius 3 is 2.44 bits per heavy atom. The van der Waals surface area contributed by atoms with Crippen molar-refractivity contribution < 1.29 is 0 Å². The Balaban J connectivity index is 2.48. The van der Waals surface area contributed by atoms with Gasteiger partial charge in [-0.2, -0.15) is 10.5 Å². The van der Waals surface area contributed by atoms with Crippen molar-refractivity contribution in [2.24, 2.45) is 0 Å². The first-order chi connectivity index (χ1) is 8.76. The molecule has 0 bridgehead atoms. The molecule has 86 valence electrons. The summed E-state index contributed by atoms with van der Waals surface area (Å²) in [6.07, 6.45) is 1.41. The highest BCUT2D eigenvalue weighted by atomic mass is 79.9. The summed E-state index contributed by atoms with van der Waals surface area (Å²) in [4.78, 5) is 0. The molecule has 0 saturated carbocycles. The molecule has 0 fully saturated rings. The van der Waals surface area contributed by atoms with Gasteiger partial charge in [0.2, 0.25) is 0 Å². The molecule has 0 heterocycles. The molecule has 0 atom stereocenters. The van der Waals surface area contributed by atoms with Crippen molar-refractivity contribution in [1.82, 2.24) is 0 Å². The van der Waals surface area contributed by atoms with Gasteiger partial charge in [0.25, 0.3) is 0 Å². The van der Waals surface area contributed by atoms with Crippen LogP contribution in [-0.4, -0.2) is 0 Å². The average Bonchev–Trinajstić information content (AvgIpc) is 2.41. The van der Waals surface area contributed by atoms with Crippen LogP contribution in [0.4, 0.5) is 5.69 Å². The van der Waals surface area contributed by atoms with E-state index in [1.807, 2.05) is 48.5 Å². The Morgan fingerprint density at radius 1 is 1.06 bits per heavy atom. The minimum absolute atomic E-state index is 0.0435. The van der Waals surface area contributed by atoms with E-state index in [0.29, 0.717) is 0 Å². The average molecular weight is 298 g/mol. The third kappa shape index (κ3) is 2.34. The Bertz CT molecular complexity index is 689. The lowest BCUT2D eigenvalue weighted by atomic mass is 10.1. The van der Waals surface area contributed by atoms with Crippen molar-refractivity contribution in [3.8, 4) is 12.1 Å². The van der Waals surface area contributed by atoms with E-state index in [4.69, 9.17) is 10.5 Å². The molecule has 2 rings (SSSR count). The molecular formula is C14H8BrN3. The maximum absolute atomic E-state index is 8.67. The standard InChI is InChI=1S/C14H8BrN3/c15-13-5-1-4-12-11(13)3-2-6-14(12)18-9-10(7-16)8-17/h1-6,9,18H. The fourth-order valence-electron chi connectivity index (χ4n) is 1.64. The van der Waals surface area contributed by atoms with E-state index in [9.17, 15) is 0 Å². The van der Waals surface area contributed by atoms with Gasteiger partial charge in [-0.15, -0.1) is 0 Å². The number of fused-ring (bicyclic) bond motifs is 1. The molecule has 18 heavy (non-hydrogen) atoms. The zero-order chi connectivity index (χ0) is 13.0. The Hall–Kier alpha value is -2.30. The third-order valence-electron chi connectivity index (χ3n) is 2.48. The second-order valence-electron chi connectivity index (χ2n) is 3.57. The summed E-state index contributed by atoms with van der Waals surface area (Å²) in [7, 11) is 0. The molecule has 0 unspecified atom stereocenters. The number of halogens is 1. The molecule has 0 amide bonds. The second-order valence-corrected chi connectivity index (χ2v) is 4.42. The number of allylic oxidation sites excluding steroid dienone is 1. The molecule has 2 aromatic rings. The Morgan fingerprint density at radius 2 is 1.72 bits per heavy atom. The lowest BCUT2D eigenvalue weighted by Gasteiger charge is -2.07. The number of nitriles is 2. The van der Waals surface area contributed by atoms with Crippen LogP contribution in [0.1, 0.15) is 0 Å². The first kappa shape index (κ1) is 12.2. The third-order valence-corrected chi connectivity index (χ3v) is 3.17. The number of rotatable bonds is 2. The quantitative estimate of drug-likeness (QED) is 0.854. The molecule has 4 heteroatoms. The van der Waals surface area contributed by atoms with Crippen LogP contribution in [0.3, 0.4) is 0 Å².